The van der Waals surface area contributed by atoms with Crippen molar-refractivity contribution in [2.45, 2.75) is 0 Å². The lowest BCUT2D eigenvalue weighted by Gasteiger charge is -2.05. The third kappa shape index (κ3) is 1.81. The molecule has 0 bridgehead atoms. The van der Waals surface area contributed by atoms with Crippen LogP contribution in [0.1, 0.15) is 10.4 Å². The normalized spacial score (nSPS) is 10.8. The summed E-state index contributed by atoms with van der Waals surface area (Å²) in [6, 6.07) is 12.6. The van der Waals surface area contributed by atoms with Crippen molar-refractivity contribution < 1.29 is 9.53 Å². The molecule has 1 heterocycles. The minimum atomic E-state index is -0.481. The van der Waals surface area contributed by atoms with Crippen molar-refractivity contribution in [2.24, 2.45) is 0 Å². The maximum absolute atomic E-state index is 12.5. The van der Waals surface area contributed by atoms with E-state index < -0.39 is 5.97 Å². The number of rotatable bonds is 1. The van der Waals surface area contributed by atoms with Crippen LogP contribution in [-0.2, 0) is 4.74 Å². The van der Waals surface area contributed by atoms with Crippen LogP contribution in [0.15, 0.2) is 47.3 Å². The van der Waals surface area contributed by atoms with Gasteiger partial charge >= 0.3 is 5.97 Å². The summed E-state index contributed by atoms with van der Waals surface area (Å²) < 4.78 is 6.45. The summed E-state index contributed by atoms with van der Waals surface area (Å²) >= 11 is 1.50. The first kappa shape index (κ1) is 11.9. The molecule has 2 aromatic carbocycles. The molecule has 0 amide bonds. The Morgan fingerprint density at radius 3 is 2.58 bits per heavy atom. The van der Waals surface area contributed by atoms with Gasteiger partial charge in [0.25, 0.3) is 0 Å². The number of fused-ring (bicyclic) bond motifs is 2. The Morgan fingerprint density at radius 1 is 1.05 bits per heavy atom. The van der Waals surface area contributed by atoms with Gasteiger partial charge in [0.15, 0.2) is 5.43 Å². The van der Waals surface area contributed by atoms with Gasteiger partial charge in [0.05, 0.1) is 18.1 Å². The second-order valence-electron chi connectivity index (χ2n) is 4.10. The summed E-state index contributed by atoms with van der Waals surface area (Å²) in [5.74, 6) is -0.481. The number of carbonyl (C=O) groups is 1. The average Bonchev–Trinajstić information content (AvgIpc) is 2.46. The molecule has 94 valence electrons. The van der Waals surface area contributed by atoms with Gasteiger partial charge in [0.2, 0.25) is 0 Å². The molecule has 19 heavy (non-hydrogen) atoms. The summed E-state index contributed by atoms with van der Waals surface area (Å²) in [5.41, 5.74) is 0.206. The van der Waals surface area contributed by atoms with Crippen molar-refractivity contribution in [3.8, 4) is 0 Å². The molecule has 0 unspecified atom stereocenters. The van der Waals surface area contributed by atoms with Crippen molar-refractivity contribution in [1.29, 1.82) is 0 Å². The predicted octanol–water partition coefficient (Wildman–Crippen LogP) is 3.20. The first-order chi connectivity index (χ1) is 9.22. The smallest absolute Gasteiger partial charge is 0.338 e. The molecule has 3 rings (SSSR count). The fourth-order valence-electron chi connectivity index (χ4n) is 2.13. The fourth-order valence-corrected chi connectivity index (χ4v) is 3.23. The standard InChI is InChI=1S/C15H10O3S/c1-18-15(17)10-6-4-8-12-13(10)14(16)9-5-2-3-7-11(9)19-12/h2-8H,1H3. The Kier molecular flexibility index (Phi) is 2.80. The minimum absolute atomic E-state index is 0.120. The highest BCUT2D eigenvalue weighted by Crippen LogP contribution is 2.26. The number of carbonyl (C=O) groups excluding carboxylic acids is 1. The van der Waals surface area contributed by atoms with E-state index in [2.05, 4.69) is 0 Å². The monoisotopic (exact) mass is 270 g/mol. The second kappa shape index (κ2) is 4.48. The summed E-state index contributed by atoms with van der Waals surface area (Å²) in [6.45, 7) is 0. The molecule has 0 N–H and O–H groups in total. The Labute approximate surface area is 113 Å². The first-order valence-electron chi connectivity index (χ1n) is 5.75. The molecule has 0 atom stereocenters. The maximum Gasteiger partial charge on any atom is 0.338 e. The van der Waals surface area contributed by atoms with E-state index in [0.29, 0.717) is 16.3 Å². The van der Waals surface area contributed by atoms with E-state index in [0.717, 1.165) is 9.40 Å². The van der Waals surface area contributed by atoms with Crippen molar-refractivity contribution >= 4 is 37.5 Å². The average molecular weight is 270 g/mol. The van der Waals surface area contributed by atoms with E-state index in [1.165, 1.54) is 18.4 Å². The van der Waals surface area contributed by atoms with Gasteiger partial charge in [-0.1, -0.05) is 18.2 Å². The molecular formula is C15H10O3S. The first-order valence-corrected chi connectivity index (χ1v) is 6.57. The molecule has 0 fully saturated rings. The van der Waals surface area contributed by atoms with Gasteiger partial charge in [0.1, 0.15) is 0 Å². The summed E-state index contributed by atoms with van der Waals surface area (Å²) in [6.07, 6.45) is 0. The van der Waals surface area contributed by atoms with Gasteiger partial charge in [0, 0.05) is 14.8 Å². The fraction of sp³-hybridized carbons (Fsp3) is 0.0667. The van der Waals surface area contributed by atoms with Crippen LogP contribution in [0.3, 0.4) is 0 Å². The topological polar surface area (TPSA) is 43.4 Å². The zero-order chi connectivity index (χ0) is 13.4. The number of hydrogen-bond acceptors (Lipinski definition) is 4. The summed E-state index contributed by atoms with van der Waals surface area (Å²) in [7, 11) is 1.32. The lowest BCUT2D eigenvalue weighted by Crippen LogP contribution is -2.09. The summed E-state index contributed by atoms with van der Waals surface area (Å²) in [4.78, 5) is 24.3. The molecule has 4 heteroatoms. The molecule has 0 saturated heterocycles. The van der Waals surface area contributed by atoms with E-state index >= 15 is 0 Å². The van der Waals surface area contributed by atoms with Crippen LogP contribution in [-0.4, -0.2) is 13.1 Å². The quantitative estimate of drug-likeness (QED) is 0.504. The highest BCUT2D eigenvalue weighted by atomic mass is 32.1. The molecule has 0 spiro atoms. The minimum Gasteiger partial charge on any atom is -0.465 e. The summed E-state index contributed by atoms with van der Waals surface area (Å²) in [5, 5.41) is 1.08. The number of ether oxygens (including phenoxy) is 1. The Bertz CT molecular complexity index is 849. The molecule has 0 saturated carbocycles. The Morgan fingerprint density at radius 2 is 1.79 bits per heavy atom. The van der Waals surface area contributed by atoms with Crippen LogP contribution in [0.4, 0.5) is 0 Å². The SMILES string of the molecule is COC(=O)c1cccc2sc3ccccc3c(=O)c12. The zero-order valence-corrected chi connectivity index (χ0v) is 11.0. The molecular weight excluding hydrogens is 260 g/mol. The Balaban J connectivity index is 2.53. The predicted molar refractivity (Wildman–Crippen MR) is 76.9 cm³/mol. The van der Waals surface area contributed by atoms with Gasteiger partial charge in [-0.05, 0) is 24.3 Å². The highest BCUT2D eigenvalue weighted by Gasteiger charge is 2.14. The second-order valence-corrected chi connectivity index (χ2v) is 5.18. The molecule has 0 aliphatic rings. The molecule has 1 aromatic heterocycles. The van der Waals surface area contributed by atoms with Gasteiger partial charge in [-0.2, -0.15) is 0 Å². The molecule has 0 aliphatic carbocycles. The van der Waals surface area contributed by atoms with Crippen molar-refractivity contribution in [3.05, 3.63) is 58.3 Å². The number of methoxy groups -OCH3 is 1. The molecule has 3 nitrogen and oxygen atoms in total. The maximum atomic E-state index is 12.5. The highest BCUT2D eigenvalue weighted by molar-refractivity contribution is 7.24. The van der Waals surface area contributed by atoms with Gasteiger partial charge < -0.3 is 4.74 Å². The van der Waals surface area contributed by atoms with Crippen LogP contribution in [0.25, 0.3) is 20.2 Å². The number of esters is 1. The van der Waals surface area contributed by atoms with Crippen molar-refractivity contribution in [3.63, 3.8) is 0 Å². The third-order valence-corrected chi connectivity index (χ3v) is 4.15. The van der Waals surface area contributed by atoms with Crippen LogP contribution < -0.4 is 5.43 Å². The van der Waals surface area contributed by atoms with Gasteiger partial charge in [-0.15, -0.1) is 11.3 Å². The van der Waals surface area contributed by atoms with E-state index in [-0.39, 0.29) is 5.43 Å². The van der Waals surface area contributed by atoms with Crippen LogP contribution in [0.5, 0.6) is 0 Å². The van der Waals surface area contributed by atoms with Crippen molar-refractivity contribution in [1.82, 2.24) is 0 Å². The largest absolute Gasteiger partial charge is 0.465 e. The number of benzene rings is 2. The van der Waals surface area contributed by atoms with Crippen LogP contribution in [0, 0.1) is 0 Å². The molecule has 0 aliphatic heterocycles. The number of hydrogen-bond donors (Lipinski definition) is 0. The van der Waals surface area contributed by atoms with Gasteiger partial charge in [-0.3, -0.25) is 4.79 Å². The Hall–Kier alpha value is -2.20. The van der Waals surface area contributed by atoms with Gasteiger partial charge in [-0.25, -0.2) is 4.79 Å². The third-order valence-electron chi connectivity index (χ3n) is 3.01. The molecule has 0 radical (unpaired) electrons. The van der Waals surface area contributed by atoms with Crippen LogP contribution in [0.2, 0.25) is 0 Å². The zero-order valence-electron chi connectivity index (χ0n) is 10.2. The van der Waals surface area contributed by atoms with Crippen molar-refractivity contribution in [2.75, 3.05) is 7.11 Å². The lowest BCUT2D eigenvalue weighted by molar-refractivity contribution is 0.0603. The van der Waals surface area contributed by atoms with E-state index in [1.807, 2.05) is 24.3 Å². The lowest BCUT2D eigenvalue weighted by atomic mass is 10.1. The van der Waals surface area contributed by atoms with E-state index in [9.17, 15) is 9.59 Å². The molecule has 3 aromatic rings. The van der Waals surface area contributed by atoms with Crippen LogP contribution >= 0.6 is 11.3 Å². The van der Waals surface area contributed by atoms with E-state index in [1.54, 1.807) is 18.2 Å². The van der Waals surface area contributed by atoms with E-state index in [4.69, 9.17) is 4.74 Å².